The second-order valence-electron chi connectivity index (χ2n) is 5.17. The van der Waals surface area contributed by atoms with E-state index in [2.05, 4.69) is 5.32 Å². The average Bonchev–Trinajstić information content (AvgIpc) is 2.41. The van der Waals surface area contributed by atoms with Crippen molar-refractivity contribution in [1.29, 1.82) is 0 Å². The molecule has 0 radical (unpaired) electrons. The van der Waals surface area contributed by atoms with Crippen LogP contribution in [0.2, 0.25) is 0 Å². The van der Waals surface area contributed by atoms with Crippen molar-refractivity contribution in [2.24, 2.45) is 5.92 Å². The van der Waals surface area contributed by atoms with Gasteiger partial charge in [0.15, 0.2) is 0 Å². The lowest BCUT2D eigenvalue weighted by Gasteiger charge is -2.22. The van der Waals surface area contributed by atoms with E-state index in [4.69, 9.17) is 4.74 Å². The van der Waals surface area contributed by atoms with Crippen LogP contribution in [0.5, 0.6) is 5.75 Å². The first kappa shape index (κ1) is 17.3. The van der Waals surface area contributed by atoms with Crippen molar-refractivity contribution >= 4 is 21.6 Å². The summed E-state index contributed by atoms with van der Waals surface area (Å²) in [6.45, 7) is 4.20. The van der Waals surface area contributed by atoms with Crippen molar-refractivity contribution in [3.05, 3.63) is 24.3 Å². The Bertz CT molecular complexity index is 584. The molecule has 21 heavy (non-hydrogen) atoms. The number of hydrogen-bond donors (Lipinski definition) is 1. The van der Waals surface area contributed by atoms with Gasteiger partial charge in [-0.3, -0.25) is 9.10 Å². The number of sulfonamides is 1. The zero-order valence-corrected chi connectivity index (χ0v) is 13.6. The van der Waals surface area contributed by atoms with Crippen molar-refractivity contribution < 1.29 is 17.9 Å². The summed E-state index contributed by atoms with van der Waals surface area (Å²) in [5, 5.41) is 2.71. The van der Waals surface area contributed by atoms with E-state index in [1.807, 2.05) is 13.8 Å². The number of carbonyl (C=O) groups is 1. The molecule has 7 heteroatoms. The Kier molecular flexibility index (Phi) is 6.02. The lowest BCUT2D eigenvalue weighted by molar-refractivity contribution is -0.119. The molecule has 0 heterocycles. The molecule has 0 aliphatic carbocycles. The summed E-state index contributed by atoms with van der Waals surface area (Å²) in [6.07, 6.45) is 1.07. The summed E-state index contributed by atoms with van der Waals surface area (Å²) in [7, 11) is -2.06. The van der Waals surface area contributed by atoms with E-state index in [9.17, 15) is 13.2 Å². The van der Waals surface area contributed by atoms with Crippen LogP contribution in [-0.4, -0.2) is 40.8 Å². The van der Waals surface area contributed by atoms with Gasteiger partial charge in [0.05, 0.1) is 19.1 Å². The highest BCUT2D eigenvalue weighted by atomic mass is 32.2. The molecule has 0 aliphatic heterocycles. The Morgan fingerprint density at radius 2 is 2.05 bits per heavy atom. The maximum absolute atomic E-state index is 11.9. The molecule has 1 rings (SSSR count). The second kappa shape index (κ2) is 7.31. The van der Waals surface area contributed by atoms with Crippen LogP contribution in [0.15, 0.2) is 24.3 Å². The SMILES string of the molecule is COc1cccc(N(CC(=O)NCC(C)C)S(C)(=O)=O)c1. The molecule has 1 aromatic carbocycles. The molecule has 6 nitrogen and oxygen atoms in total. The zero-order valence-electron chi connectivity index (χ0n) is 12.8. The van der Waals surface area contributed by atoms with Gasteiger partial charge in [-0.05, 0) is 18.1 Å². The maximum Gasteiger partial charge on any atom is 0.240 e. The van der Waals surface area contributed by atoms with Gasteiger partial charge < -0.3 is 10.1 Å². The van der Waals surface area contributed by atoms with Crippen LogP contribution in [0.25, 0.3) is 0 Å². The first-order valence-electron chi connectivity index (χ1n) is 6.62. The summed E-state index contributed by atoms with van der Waals surface area (Å²) in [4.78, 5) is 11.9. The average molecular weight is 314 g/mol. The molecule has 118 valence electrons. The summed E-state index contributed by atoms with van der Waals surface area (Å²) in [6, 6.07) is 6.59. The fraction of sp³-hybridized carbons (Fsp3) is 0.500. The van der Waals surface area contributed by atoms with E-state index in [1.54, 1.807) is 24.3 Å². The molecular formula is C14H22N2O4S. The Morgan fingerprint density at radius 1 is 1.38 bits per heavy atom. The van der Waals surface area contributed by atoms with Crippen LogP contribution in [0.1, 0.15) is 13.8 Å². The number of amides is 1. The highest BCUT2D eigenvalue weighted by Gasteiger charge is 2.21. The van der Waals surface area contributed by atoms with Gasteiger partial charge in [-0.25, -0.2) is 8.42 Å². The van der Waals surface area contributed by atoms with Gasteiger partial charge in [-0.15, -0.1) is 0 Å². The summed E-state index contributed by atoms with van der Waals surface area (Å²) < 4.78 is 30.0. The second-order valence-corrected chi connectivity index (χ2v) is 7.08. The fourth-order valence-electron chi connectivity index (χ4n) is 1.67. The highest BCUT2D eigenvalue weighted by Crippen LogP contribution is 2.22. The van der Waals surface area contributed by atoms with E-state index in [-0.39, 0.29) is 12.5 Å². The molecule has 0 spiro atoms. The van der Waals surface area contributed by atoms with Crippen LogP contribution in [0.3, 0.4) is 0 Å². The first-order valence-corrected chi connectivity index (χ1v) is 8.47. The fourth-order valence-corrected chi connectivity index (χ4v) is 2.52. The molecule has 0 atom stereocenters. The topological polar surface area (TPSA) is 75.7 Å². The third-order valence-corrected chi connectivity index (χ3v) is 3.88. The number of ether oxygens (including phenoxy) is 1. The summed E-state index contributed by atoms with van der Waals surface area (Å²) in [5.41, 5.74) is 0.400. The third kappa shape index (κ3) is 5.63. The molecule has 0 fully saturated rings. The summed E-state index contributed by atoms with van der Waals surface area (Å²) >= 11 is 0. The van der Waals surface area contributed by atoms with E-state index in [0.717, 1.165) is 10.6 Å². The Labute approximate surface area is 126 Å². The van der Waals surface area contributed by atoms with Crippen molar-refractivity contribution in [3.8, 4) is 5.75 Å². The monoisotopic (exact) mass is 314 g/mol. The molecule has 0 saturated carbocycles. The number of benzene rings is 1. The van der Waals surface area contributed by atoms with Gasteiger partial charge in [-0.2, -0.15) is 0 Å². The highest BCUT2D eigenvalue weighted by molar-refractivity contribution is 7.92. The standard InChI is InChI=1S/C14H22N2O4S/c1-11(2)9-15-14(17)10-16(21(4,18)19)12-6-5-7-13(8-12)20-3/h5-8,11H,9-10H2,1-4H3,(H,15,17). The molecule has 1 N–H and O–H groups in total. The largest absolute Gasteiger partial charge is 0.497 e. The molecule has 0 saturated heterocycles. The first-order chi connectivity index (χ1) is 9.74. The number of carbonyl (C=O) groups excluding carboxylic acids is 1. The van der Waals surface area contributed by atoms with Crippen LogP contribution >= 0.6 is 0 Å². The third-order valence-electron chi connectivity index (χ3n) is 2.74. The minimum absolute atomic E-state index is 0.251. The van der Waals surface area contributed by atoms with E-state index < -0.39 is 10.0 Å². The molecule has 0 bridgehead atoms. The van der Waals surface area contributed by atoms with Crippen LogP contribution in [-0.2, 0) is 14.8 Å². The lowest BCUT2D eigenvalue weighted by Crippen LogP contribution is -2.41. The van der Waals surface area contributed by atoms with Gasteiger partial charge in [0.25, 0.3) is 0 Å². The minimum atomic E-state index is -3.56. The quantitative estimate of drug-likeness (QED) is 0.821. The maximum atomic E-state index is 11.9. The Balaban J connectivity index is 2.94. The van der Waals surface area contributed by atoms with Gasteiger partial charge in [0.2, 0.25) is 15.9 Å². The predicted octanol–water partition coefficient (Wildman–Crippen LogP) is 1.23. The van der Waals surface area contributed by atoms with Gasteiger partial charge >= 0.3 is 0 Å². The van der Waals surface area contributed by atoms with Gasteiger partial charge in [-0.1, -0.05) is 19.9 Å². The molecule has 0 aromatic heterocycles. The molecule has 0 unspecified atom stereocenters. The van der Waals surface area contributed by atoms with Crippen LogP contribution in [0, 0.1) is 5.92 Å². The number of nitrogens with zero attached hydrogens (tertiary/aromatic N) is 1. The molecule has 1 aromatic rings. The lowest BCUT2D eigenvalue weighted by atomic mass is 10.2. The number of methoxy groups -OCH3 is 1. The Hall–Kier alpha value is -1.76. The zero-order chi connectivity index (χ0) is 16.0. The predicted molar refractivity (Wildman–Crippen MR) is 83.0 cm³/mol. The Morgan fingerprint density at radius 3 is 2.57 bits per heavy atom. The van der Waals surface area contributed by atoms with Gasteiger partial charge in [0, 0.05) is 12.6 Å². The van der Waals surface area contributed by atoms with E-state index >= 15 is 0 Å². The normalized spacial score (nSPS) is 11.3. The molecule has 1 amide bonds. The number of nitrogens with one attached hydrogen (secondary N) is 1. The minimum Gasteiger partial charge on any atom is -0.497 e. The van der Waals surface area contributed by atoms with Crippen LogP contribution in [0.4, 0.5) is 5.69 Å². The van der Waals surface area contributed by atoms with Gasteiger partial charge in [0.1, 0.15) is 12.3 Å². The van der Waals surface area contributed by atoms with Crippen LogP contribution < -0.4 is 14.4 Å². The van der Waals surface area contributed by atoms with Crippen molar-refractivity contribution in [2.45, 2.75) is 13.8 Å². The summed E-state index contributed by atoms with van der Waals surface area (Å²) in [5.74, 6) is 0.498. The van der Waals surface area contributed by atoms with Crippen molar-refractivity contribution in [3.63, 3.8) is 0 Å². The smallest absolute Gasteiger partial charge is 0.240 e. The number of rotatable bonds is 7. The molecule has 0 aliphatic rings. The molecular weight excluding hydrogens is 292 g/mol. The van der Waals surface area contributed by atoms with Crippen molar-refractivity contribution in [2.75, 3.05) is 30.8 Å². The number of anilines is 1. The van der Waals surface area contributed by atoms with E-state index in [1.165, 1.54) is 7.11 Å². The van der Waals surface area contributed by atoms with E-state index in [0.29, 0.717) is 23.9 Å². The number of hydrogen-bond acceptors (Lipinski definition) is 4. The van der Waals surface area contributed by atoms with Crippen molar-refractivity contribution in [1.82, 2.24) is 5.32 Å².